The molecule has 1 heterocycles. The number of nitrogens with one attached hydrogen (secondary N) is 2. The number of nitrogens with two attached hydrogens (primary N) is 1. The highest BCUT2D eigenvalue weighted by Gasteiger charge is 2.04. The van der Waals surface area contributed by atoms with Gasteiger partial charge in [0.15, 0.2) is 11.6 Å². The zero-order valence-electron chi connectivity index (χ0n) is 8.61. The molecule has 88 valence electrons. The molecular formula is C10H9ClFN5. The summed E-state index contributed by atoms with van der Waals surface area (Å²) < 4.78 is 13.0. The Hall–Kier alpha value is -1.92. The minimum atomic E-state index is -0.391. The predicted molar refractivity (Wildman–Crippen MR) is 64.5 cm³/mol. The van der Waals surface area contributed by atoms with Crippen molar-refractivity contribution in [2.45, 2.75) is 0 Å². The van der Waals surface area contributed by atoms with E-state index in [0.717, 1.165) is 0 Å². The molecule has 0 fully saturated rings. The summed E-state index contributed by atoms with van der Waals surface area (Å²) >= 11 is 5.90. The first kappa shape index (κ1) is 11.6. The van der Waals surface area contributed by atoms with Gasteiger partial charge in [-0.3, -0.25) is 4.98 Å². The maximum Gasteiger partial charge on any atom is 0.160 e. The van der Waals surface area contributed by atoms with Crippen LogP contribution in [0.3, 0.4) is 0 Å². The topological polar surface area (TPSA) is 75.9 Å². The Kier molecular flexibility index (Phi) is 3.36. The Morgan fingerprint density at radius 2 is 2.00 bits per heavy atom. The number of rotatable bonds is 3. The average molecular weight is 254 g/mol. The third-order valence-electron chi connectivity index (χ3n) is 1.97. The molecule has 0 radical (unpaired) electrons. The van der Waals surface area contributed by atoms with Gasteiger partial charge in [0.2, 0.25) is 0 Å². The van der Waals surface area contributed by atoms with Crippen molar-refractivity contribution in [2.75, 3.05) is 10.7 Å². The number of hydrogen-bond donors (Lipinski definition) is 3. The number of nitrogens with zero attached hydrogens (tertiary/aromatic N) is 2. The van der Waals surface area contributed by atoms with Crippen LogP contribution in [0, 0.1) is 5.82 Å². The molecule has 0 saturated carbocycles. The maximum absolute atomic E-state index is 13.0. The number of benzene rings is 1. The Labute approximate surface area is 102 Å². The van der Waals surface area contributed by atoms with Crippen molar-refractivity contribution in [3.8, 4) is 0 Å². The monoisotopic (exact) mass is 253 g/mol. The van der Waals surface area contributed by atoms with E-state index in [2.05, 4.69) is 20.7 Å². The molecule has 0 unspecified atom stereocenters. The maximum atomic E-state index is 13.0. The van der Waals surface area contributed by atoms with Crippen molar-refractivity contribution in [1.29, 1.82) is 0 Å². The second-order valence-corrected chi connectivity index (χ2v) is 3.59. The van der Waals surface area contributed by atoms with Crippen LogP contribution in [0.1, 0.15) is 0 Å². The summed E-state index contributed by atoms with van der Waals surface area (Å²) in [7, 11) is 0. The van der Waals surface area contributed by atoms with Gasteiger partial charge in [0, 0.05) is 0 Å². The summed E-state index contributed by atoms with van der Waals surface area (Å²) in [6.45, 7) is 0. The Bertz CT molecular complexity index is 534. The Morgan fingerprint density at radius 3 is 2.76 bits per heavy atom. The van der Waals surface area contributed by atoms with Gasteiger partial charge < -0.3 is 10.7 Å². The van der Waals surface area contributed by atoms with Gasteiger partial charge in [-0.15, -0.1) is 0 Å². The lowest BCUT2D eigenvalue weighted by Gasteiger charge is -2.08. The SMILES string of the molecule is NNc1cncc(Nc2cc(F)ccc2Cl)n1. The van der Waals surface area contributed by atoms with Crippen molar-refractivity contribution >= 4 is 28.9 Å². The highest BCUT2D eigenvalue weighted by Crippen LogP contribution is 2.25. The number of nitrogen functional groups attached to an aromatic ring is 1. The standard InChI is InChI=1S/C10H9ClFN5/c11-7-2-1-6(12)3-8(7)15-9-4-14-5-10(16-9)17-13/h1-5H,13H2,(H2,15,16,17). The number of halogens is 2. The van der Waals surface area contributed by atoms with Gasteiger partial charge in [0.05, 0.1) is 23.1 Å². The van der Waals surface area contributed by atoms with Crippen LogP contribution >= 0.6 is 11.6 Å². The van der Waals surface area contributed by atoms with Crippen molar-refractivity contribution in [2.24, 2.45) is 5.84 Å². The first-order chi connectivity index (χ1) is 8.19. The summed E-state index contributed by atoms with van der Waals surface area (Å²) in [6.07, 6.45) is 2.93. The molecule has 0 bridgehead atoms. The van der Waals surface area contributed by atoms with Gasteiger partial charge in [-0.2, -0.15) is 0 Å². The molecule has 1 aromatic heterocycles. The molecule has 0 aliphatic rings. The first-order valence-electron chi connectivity index (χ1n) is 4.70. The zero-order valence-corrected chi connectivity index (χ0v) is 9.37. The largest absolute Gasteiger partial charge is 0.338 e. The van der Waals surface area contributed by atoms with Gasteiger partial charge in [-0.1, -0.05) is 11.6 Å². The highest BCUT2D eigenvalue weighted by molar-refractivity contribution is 6.33. The van der Waals surface area contributed by atoms with Crippen molar-refractivity contribution in [3.05, 3.63) is 41.4 Å². The molecular weight excluding hydrogens is 245 g/mol. The number of hydrogen-bond acceptors (Lipinski definition) is 5. The molecule has 0 aliphatic carbocycles. The third-order valence-corrected chi connectivity index (χ3v) is 2.30. The molecule has 0 saturated heterocycles. The van der Waals surface area contributed by atoms with Crippen molar-refractivity contribution in [3.63, 3.8) is 0 Å². The van der Waals surface area contributed by atoms with Crippen LogP contribution in [-0.4, -0.2) is 9.97 Å². The van der Waals surface area contributed by atoms with Crippen LogP contribution in [0.4, 0.5) is 21.7 Å². The van der Waals surface area contributed by atoms with Gasteiger partial charge in [-0.05, 0) is 18.2 Å². The van der Waals surface area contributed by atoms with E-state index >= 15 is 0 Å². The zero-order chi connectivity index (χ0) is 12.3. The summed E-state index contributed by atoms with van der Waals surface area (Å²) in [4.78, 5) is 7.97. The van der Waals surface area contributed by atoms with Crippen LogP contribution < -0.4 is 16.6 Å². The summed E-state index contributed by atoms with van der Waals surface area (Å²) in [5.74, 6) is 5.61. The molecule has 0 aliphatic heterocycles. The molecule has 7 heteroatoms. The fourth-order valence-electron chi connectivity index (χ4n) is 1.23. The van der Waals surface area contributed by atoms with Crippen LogP contribution in [-0.2, 0) is 0 Å². The Balaban J connectivity index is 2.27. The highest BCUT2D eigenvalue weighted by atomic mass is 35.5. The fraction of sp³-hybridized carbons (Fsp3) is 0. The van der Waals surface area contributed by atoms with E-state index in [-0.39, 0.29) is 0 Å². The van der Waals surface area contributed by atoms with E-state index in [9.17, 15) is 4.39 Å². The van der Waals surface area contributed by atoms with E-state index in [1.54, 1.807) is 0 Å². The van der Waals surface area contributed by atoms with Gasteiger partial charge in [-0.25, -0.2) is 15.2 Å². The van der Waals surface area contributed by atoms with Crippen molar-refractivity contribution < 1.29 is 4.39 Å². The quantitative estimate of drug-likeness (QED) is 0.578. The number of anilines is 3. The fourth-order valence-corrected chi connectivity index (χ4v) is 1.39. The first-order valence-corrected chi connectivity index (χ1v) is 5.07. The second kappa shape index (κ2) is 4.94. The molecule has 17 heavy (non-hydrogen) atoms. The van der Waals surface area contributed by atoms with Gasteiger partial charge in [0.25, 0.3) is 0 Å². The van der Waals surface area contributed by atoms with Crippen LogP contribution in [0.2, 0.25) is 5.02 Å². The lowest BCUT2D eigenvalue weighted by molar-refractivity contribution is 0.628. The average Bonchev–Trinajstić information content (AvgIpc) is 2.34. The van der Waals surface area contributed by atoms with E-state index < -0.39 is 5.82 Å². The molecule has 2 aromatic rings. The molecule has 4 N–H and O–H groups in total. The normalized spacial score (nSPS) is 10.1. The number of hydrazine groups is 1. The molecule has 0 spiro atoms. The van der Waals surface area contributed by atoms with Crippen LogP contribution in [0.5, 0.6) is 0 Å². The Morgan fingerprint density at radius 1 is 1.24 bits per heavy atom. The molecule has 0 amide bonds. The molecule has 0 atom stereocenters. The minimum absolute atomic E-state index is 0.388. The number of aromatic nitrogens is 2. The summed E-state index contributed by atoms with van der Waals surface area (Å²) in [6, 6.07) is 4.00. The van der Waals surface area contributed by atoms with Gasteiger partial charge >= 0.3 is 0 Å². The van der Waals surface area contributed by atoms with E-state index in [1.165, 1.54) is 30.6 Å². The summed E-state index contributed by atoms with van der Waals surface area (Å²) in [5, 5.41) is 3.23. The van der Waals surface area contributed by atoms with E-state index in [0.29, 0.717) is 22.3 Å². The van der Waals surface area contributed by atoms with Crippen LogP contribution in [0.25, 0.3) is 0 Å². The smallest absolute Gasteiger partial charge is 0.160 e. The molecule has 2 rings (SSSR count). The third kappa shape index (κ3) is 2.80. The van der Waals surface area contributed by atoms with E-state index in [1.807, 2.05) is 0 Å². The minimum Gasteiger partial charge on any atom is -0.338 e. The van der Waals surface area contributed by atoms with Gasteiger partial charge in [0.1, 0.15) is 5.82 Å². The predicted octanol–water partition coefficient (Wildman–Crippen LogP) is 2.30. The van der Waals surface area contributed by atoms with E-state index in [4.69, 9.17) is 17.4 Å². The lowest BCUT2D eigenvalue weighted by Crippen LogP contribution is -2.09. The van der Waals surface area contributed by atoms with Crippen LogP contribution in [0.15, 0.2) is 30.6 Å². The lowest BCUT2D eigenvalue weighted by atomic mass is 10.3. The molecule has 5 nitrogen and oxygen atoms in total. The van der Waals surface area contributed by atoms with Crippen molar-refractivity contribution in [1.82, 2.24) is 9.97 Å². The molecule has 1 aromatic carbocycles. The summed E-state index contributed by atoms with van der Waals surface area (Å²) in [5.41, 5.74) is 2.77. The second-order valence-electron chi connectivity index (χ2n) is 3.18.